The number of fused-ring (bicyclic) bond motifs is 1. The summed E-state index contributed by atoms with van der Waals surface area (Å²) >= 11 is 0. The Kier molecular flexibility index (Phi) is 1.71. The molecule has 0 amide bonds. The second-order valence-electron chi connectivity index (χ2n) is 3.23. The van der Waals surface area contributed by atoms with Crippen LogP contribution in [0.4, 0.5) is 0 Å². The maximum atomic E-state index is 4.29. The summed E-state index contributed by atoms with van der Waals surface area (Å²) in [4.78, 5) is 4.29. The normalized spacial score (nSPS) is 10.7. The standard InChI is InChI=1S/C11H8N4/c1-2-4-10-8(3-1)9(5-6-12-10)11-7-13-15-14-11/h1-7H,(H,13,14,15). The Morgan fingerprint density at radius 3 is 2.87 bits per heavy atom. The van der Waals surface area contributed by atoms with E-state index in [1.807, 2.05) is 30.3 Å². The monoisotopic (exact) mass is 196 g/mol. The van der Waals surface area contributed by atoms with Crippen LogP contribution < -0.4 is 0 Å². The topological polar surface area (TPSA) is 54.5 Å². The molecule has 0 unspecified atom stereocenters. The highest BCUT2D eigenvalue weighted by Crippen LogP contribution is 2.24. The van der Waals surface area contributed by atoms with Gasteiger partial charge in [-0.2, -0.15) is 15.4 Å². The highest BCUT2D eigenvalue weighted by Gasteiger charge is 2.05. The zero-order valence-corrected chi connectivity index (χ0v) is 7.88. The van der Waals surface area contributed by atoms with Crippen LogP contribution in [0.3, 0.4) is 0 Å². The number of aromatic amines is 1. The number of hydrogen-bond donors (Lipinski definition) is 1. The zero-order chi connectivity index (χ0) is 10.1. The number of H-pyrrole nitrogens is 1. The van der Waals surface area contributed by atoms with E-state index in [9.17, 15) is 0 Å². The van der Waals surface area contributed by atoms with Crippen molar-refractivity contribution in [2.24, 2.45) is 0 Å². The summed E-state index contributed by atoms with van der Waals surface area (Å²) < 4.78 is 0. The molecule has 0 saturated carbocycles. The minimum absolute atomic E-state index is 0.841. The minimum Gasteiger partial charge on any atom is -0.256 e. The third-order valence-corrected chi connectivity index (χ3v) is 2.34. The summed E-state index contributed by atoms with van der Waals surface area (Å²) in [5.41, 5.74) is 2.86. The first-order valence-corrected chi connectivity index (χ1v) is 4.65. The minimum atomic E-state index is 0.841. The third-order valence-electron chi connectivity index (χ3n) is 2.34. The molecule has 2 heterocycles. The first kappa shape index (κ1) is 8.11. The van der Waals surface area contributed by atoms with Crippen LogP contribution >= 0.6 is 0 Å². The molecule has 3 aromatic rings. The Hall–Kier alpha value is -2.23. The van der Waals surface area contributed by atoms with Crippen LogP contribution in [0.25, 0.3) is 22.2 Å². The molecule has 0 aliphatic heterocycles. The first-order chi connectivity index (χ1) is 7.45. The molecule has 4 nitrogen and oxygen atoms in total. The van der Waals surface area contributed by atoms with Gasteiger partial charge in [0.2, 0.25) is 0 Å². The summed E-state index contributed by atoms with van der Waals surface area (Å²) in [7, 11) is 0. The lowest BCUT2D eigenvalue weighted by Gasteiger charge is -2.01. The average Bonchev–Trinajstić information content (AvgIpc) is 2.82. The fourth-order valence-electron chi connectivity index (χ4n) is 1.65. The van der Waals surface area contributed by atoms with Crippen LogP contribution in [-0.4, -0.2) is 20.4 Å². The lowest BCUT2D eigenvalue weighted by atomic mass is 10.1. The van der Waals surface area contributed by atoms with Crippen molar-refractivity contribution in [3.63, 3.8) is 0 Å². The highest BCUT2D eigenvalue weighted by atomic mass is 15.3. The van der Waals surface area contributed by atoms with Crippen LogP contribution in [0.15, 0.2) is 42.7 Å². The number of nitrogens with zero attached hydrogens (tertiary/aromatic N) is 3. The molecular weight excluding hydrogens is 188 g/mol. The largest absolute Gasteiger partial charge is 0.256 e. The van der Waals surface area contributed by atoms with Gasteiger partial charge in [-0.05, 0) is 12.1 Å². The van der Waals surface area contributed by atoms with E-state index in [0.29, 0.717) is 0 Å². The van der Waals surface area contributed by atoms with Gasteiger partial charge in [0.05, 0.1) is 11.7 Å². The van der Waals surface area contributed by atoms with Crippen molar-refractivity contribution < 1.29 is 0 Å². The van der Waals surface area contributed by atoms with Crippen LogP contribution in [0, 0.1) is 0 Å². The van der Waals surface area contributed by atoms with Crippen molar-refractivity contribution in [1.29, 1.82) is 0 Å². The second kappa shape index (κ2) is 3.16. The molecule has 1 aromatic carbocycles. The summed E-state index contributed by atoms with van der Waals surface area (Å²) in [5.74, 6) is 0. The van der Waals surface area contributed by atoms with Gasteiger partial charge < -0.3 is 0 Å². The third kappa shape index (κ3) is 1.27. The molecular formula is C11H8N4. The molecule has 0 spiro atoms. The molecule has 72 valence electrons. The van der Waals surface area contributed by atoms with Crippen LogP contribution in [0.2, 0.25) is 0 Å². The molecule has 0 aliphatic rings. The van der Waals surface area contributed by atoms with Crippen molar-refractivity contribution in [2.45, 2.75) is 0 Å². The van der Waals surface area contributed by atoms with Gasteiger partial charge in [-0.1, -0.05) is 18.2 Å². The molecule has 0 bridgehead atoms. The Morgan fingerprint density at radius 1 is 1.07 bits per heavy atom. The number of hydrogen-bond acceptors (Lipinski definition) is 3. The second-order valence-corrected chi connectivity index (χ2v) is 3.23. The van der Waals surface area contributed by atoms with Crippen molar-refractivity contribution in [2.75, 3.05) is 0 Å². The van der Waals surface area contributed by atoms with E-state index < -0.39 is 0 Å². The van der Waals surface area contributed by atoms with E-state index >= 15 is 0 Å². The smallest absolute Gasteiger partial charge is 0.113 e. The SMILES string of the molecule is c1ccc2c(-c3cn[nH]n3)ccnc2c1. The van der Waals surface area contributed by atoms with Gasteiger partial charge in [0, 0.05) is 17.1 Å². The summed E-state index contributed by atoms with van der Waals surface area (Å²) in [5, 5.41) is 11.6. The van der Waals surface area contributed by atoms with E-state index in [1.165, 1.54) is 0 Å². The number of pyridine rings is 1. The summed E-state index contributed by atoms with van der Waals surface area (Å²) in [6, 6.07) is 9.93. The molecule has 0 saturated heterocycles. The van der Waals surface area contributed by atoms with Crippen molar-refractivity contribution >= 4 is 10.9 Å². The lowest BCUT2D eigenvalue weighted by Crippen LogP contribution is -1.83. The Bertz CT molecular complexity index is 581. The molecule has 1 N–H and O–H groups in total. The number of rotatable bonds is 1. The highest BCUT2D eigenvalue weighted by molar-refractivity contribution is 5.92. The quantitative estimate of drug-likeness (QED) is 0.647. The van der Waals surface area contributed by atoms with Crippen LogP contribution in [0.1, 0.15) is 0 Å². The Morgan fingerprint density at radius 2 is 2.00 bits per heavy atom. The molecule has 0 fully saturated rings. The number of aromatic nitrogens is 4. The van der Waals surface area contributed by atoms with Gasteiger partial charge in [0.1, 0.15) is 5.69 Å². The van der Waals surface area contributed by atoms with Crippen molar-refractivity contribution in [1.82, 2.24) is 20.4 Å². The van der Waals surface area contributed by atoms with E-state index in [1.54, 1.807) is 12.4 Å². The zero-order valence-electron chi connectivity index (χ0n) is 7.88. The van der Waals surface area contributed by atoms with E-state index in [2.05, 4.69) is 20.4 Å². The van der Waals surface area contributed by atoms with E-state index in [-0.39, 0.29) is 0 Å². The Balaban J connectivity index is 2.36. The van der Waals surface area contributed by atoms with E-state index in [0.717, 1.165) is 22.2 Å². The van der Waals surface area contributed by atoms with Crippen LogP contribution in [0.5, 0.6) is 0 Å². The van der Waals surface area contributed by atoms with Gasteiger partial charge in [-0.25, -0.2) is 0 Å². The fourth-order valence-corrected chi connectivity index (χ4v) is 1.65. The van der Waals surface area contributed by atoms with Gasteiger partial charge in [-0.15, -0.1) is 0 Å². The predicted molar refractivity (Wildman–Crippen MR) is 57.1 cm³/mol. The number of para-hydroxylation sites is 1. The van der Waals surface area contributed by atoms with E-state index in [4.69, 9.17) is 0 Å². The van der Waals surface area contributed by atoms with Crippen molar-refractivity contribution in [3.05, 3.63) is 42.7 Å². The van der Waals surface area contributed by atoms with Gasteiger partial charge in [0.25, 0.3) is 0 Å². The number of nitrogens with one attached hydrogen (secondary N) is 1. The maximum absolute atomic E-state index is 4.29. The van der Waals surface area contributed by atoms with Crippen molar-refractivity contribution in [3.8, 4) is 11.3 Å². The summed E-state index contributed by atoms with van der Waals surface area (Å²) in [6.07, 6.45) is 3.49. The maximum Gasteiger partial charge on any atom is 0.113 e. The average molecular weight is 196 g/mol. The first-order valence-electron chi connectivity index (χ1n) is 4.65. The van der Waals surface area contributed by atoms with Crippen LogP contribution in [-0.2, 0) is 0 Å². The fraction of sp³-hybridized carbons (Fsp3) is 0. The Labute approximate surface area is 86.0 Å². The molecule has 2 aromatic heterocycles. The van der Waals surface area contributed by atoms with Gasteiger partial charge in [0.15, 0.2) is 0 Å². The molecule has 3 rings (SSSR count). The lowest BCUT2D eigenvalue weighted by molar-refractivity contribution is 0.942. The number of benzene rings is 1. The molecule has 0 aliphatic carbocycles. The molecule has 0 atom stereocenters. The summed E-state index contributed by atoms with van der Waals surface area (Å²) in [6.45, 7) is 0. The molecule has 15 heavy (non-hydrogen) atoms. The molecule has 0 radical (unpaired) electrons. The van der Waals surface area contributed by atoms with Gasteiger partial charge >= 0.3 is 0 Å². The van der Waals surface area contributed by atoms with Gasteiger partial charge in [-0.3, -0.25) is 4.98 Å². The predicted octanol–water partition coefficient (Wildman–Crippen LogP) is 2.02. The molecule has 4 heteroatoms.